The van der Waals surface area contributed by atoms with Crippen molar-refractivity contribution in [2.75, 3.05) is 11.9 Å². The van der Waals surface area contributed by atoms with E-state index in [0.29, 0.717) is 22.0 Å². The second-order valence-corrected chi connectivity index (χ2v) is 12.9. The lowest BCUT2D eigenvalue weighted by Gasteiger charge is -2.13. The number of halogens is 1. The maximum atomic E-state index is 13.4. The molecular weight excluding hydrogens is 622 g/mol. The summed E-state index contributed by atoms with van der Waals surface area (Å²) in [6.07, 6.45) is 17.6. The van der Waals surface area contributed by atoms with Crippen molar-refractivity contribution < 1.29 is 19.4 Å². The van der Waals surface area contributed by atoms with Gasteiger partial charge in [0.2, 0.25) is 5.16 Å². The van der Waals surface area contributed by atoms with Gasteiger partial charge < -0.3 is 15.2 Å². The minimum absolute atomic E-state index is 0.0338. The average molecular weight is 666 g/mol. The van der Waals surface area contributed by atoms with Crippen LogP contribution in [0.15, 0.2) is 58.6 Å². The molecule has 0 radical (unpaired) electrons. The van der Waals surface area contributed by atoms with Crippen LogP contribution in [0.3, 0.4) is 0 Å². The number of carbonyl (C=O) groups is 2. The number of fused-ring (bicyclic) bond motifs is 1. The molecule has 46 heavy (non-hydrogen) atoms. The Kier molecular flexibility index (Phi) is 14.6. The second-order valence-electron chi connectivity index (χ2n) is 11.5. The Morgan fingerprint density at radius 1 is 0.870 bits per heavy atom. The van der Waals surface area contributed by atoms with Crippen LogP contribution < -0.4 is 5.32 Å². The van der Waals surface area contributed by atoms with Gasteiger partial charge in [0, 0.05) is 10.3 Å². The minimum atomic E-state index is -0.590. The lowest BCUT2D eigenvalue weighted by atomic mass is 10.0. The molecule has 1 aromatic heterocycles. The normalized spacial score (nSPS) is 11.2. The van der Waals surface area contributed by atoms with Gasteiger partial charge in [-0.25, -0.2) is 4.79 Å². The molecule has 0 atom stereocenters. The number of nitrogens with zero attached hydrogens (tertiary/aromatic N) is 3. The molecule has 0 unspecified atom stereocenters. The van der Waals surface area contributed by atoms with Gasteiger partial charge in [-0.1, -0.05) is 126 Å². The first-order valence-electron chi connectivity index (χ1n) is 16.4. The lowest BCUT2D eigenvalue weighted by Crippen LogP contribution is -2.14. The molecule has 11 heteroatoms. The van der Waals surface area contributed by atoms with Gasteiger partial charge in [-0.15, -0.1) is 10.2 Å². The maximum absolute atomic E-state index is 13.4. The number of anilines is 1. The van der Waals surface area contributed by atoms with Crippen LogP contribution in [-0.2, 0) is 4.74 Å². The molecule has 9 nitrogen and oxygen atoms in total. The number of rotatable bonds is 20. The van der Waals surface area contributed by atoms with E-state index < -0.39 is 11.9 Å². The quantitative estimate of drug-likeness (QED) is 0.0628. The van der Waals surface area contributed by atoms with E-state index >= 15 is 0 Å². The van der Waals surface area contributed by atoms with Gasteiger partial charge in [0.15, 0.2) is 0 Å². The predicted octanol–water partition coefficient (Wildman–Crippen LogP) is 9.75. The van der Waals surface area contributed by atoms with Gasteiger partial charge in [0.05, 0.1) is 28.4 Å². The Balaban J connectivity index is 1.23. The van der Waals surface area contributed by atoms with Gasteiger partial charge in [-0.05, 0) is 53.0 Å². The smallest absolute Gasteiger partial charge is 0.338 e. The number of aromatic amines is 1. The van der Waals surface area contributed by atoms with E-state index in [-0.39, 0.29) is 27.6 Å². The van der Waals surface area contributed by atoms with Crippen LogP contribution in [0.2, 0.25) is 5.02 Å². The van der Waals surface area contributed by atoms with Crippen LogP contribution in [0.5, 0.6) is 5.75 Å². The molecular formula is C35H44ClN5O4S. The zero-order valence-corrected chi connectivity index (χ0v) is 28.1. The summed E-state index contributed by atoms with van der Waals surface area (Å²) in [6.45, 7) is 2.60. The number of tetrazole rings is 1. The number of nitrogens with one attached hydrogen (secondary N) is 2. The Bertz CT molecular complexity index is 1550. The summed E-state index contributed by atoms with van der Waals surface area (Å²) < 4.78 is 5.50. The van der Waals surface area contributed by atoms with Gasteiger partial charge in [-0.3, -0.25) is 4.79 Å². The summed E-state index contributed by atoms with van der Waals surface area (Å²) in [5.41, 5.74) is 0.547. The second kappa shape index (κ2) is 19.1. The molecule has 4 aromatic rings. The molecule has 0 saturated carbocycles. The number of hydrogen-bond donors (Lipinski definition) is 3. The number of H-pyrrole nitrogens is 1. The fraction of sp³-hybridized carbons (Fsp3) is 0.457. The number of benzene rings is 3. The van der Waals surface area contributed by atoms with Crippen molar-refractivity contribution >= 4 is 51.7 Å². The van der Waals surface area contributed by atoms with Crippen LogP contribution >= 0.6 is 23.4 Å². The number of carbonyl (C=O) groups excluding carboxylic acids is 2. The predicted molar refractivity (Wildman–Crippen MR) is 184 cm³/mol. The van der Waals surface area contributed by atoms with Crippen molar-refractivity contribution in [2.24, 2.45) is 0 Å². The first-order valence-corrected chi connectivity index (χ1v) is 17.6. The molecule has 0 bridgehead atoms. The van der Waals surface area contributed by atoms with E-state index in [2.05, 4.69) is 32.9 Å². The number of aromatic nitrogens is 4. The van der Waals surface area contributed by atoms with Crippen molar-refractivity contribution in [3.63, 3.8) is 0 Å². The van der Waals surface area contributed by atoms with Crippen molar-refractivity contribution in [1.82, 2.24) is 20.6 Å². The fourth-order valence-corrected chi connectivity index (χ4v) is 6.36. The van der Waals surface area contributed by atoms with Crippen molar-refractivity contribution in [1.29, 1.82) is 0 Å². The molecule has 0 saturated heterocycles. The lowest BCUT2D eigenvalue weighted by molar-refractivity contribution is 0.0497. The largest absolute Gasteiger partial charge is 0.506 e. The molecule has 3 N–H and O–H groups in total. The van der Waals surface area contributed by atoms with Crippen LogP contribution in [-0.4, -0.2) is 44.2 Å². The molecule has 0 aliphatic rings. The first kappa shape index (κ1) is 35.2. The molecule has 4 rings (SSSR count). The van der Waals surface area contributed by atoms with Gasteiger partial charge in [0.25, 0.3) is 5.91 Å². The fourth-order valence-electron chi connectivity index (χ4n) is 5.36. The van der Waals surface area contributed by atoms with E-state index in [1.165, 1.54) is 94.5 Å². The number of unbranched alkanes of at least 4 members (excludes halogenated alkanes) is 13. The number of phenolic OH excluding ortho intramolecular Hbond substituents is 1. The topological polar surface area (TPSA) is 130 Å². The Hall–Kier alpha value is -3.63. The number of ether oxygens (including phenoxy) is 1. The van der Waals surface area contributed by atoms with E-state index in [4.69, 9.17) is 16.3 Å². The van der Waals surface area contributed by atoms with E-state index in [1.807, 2.05) is 12.1 Å². The van der Waals surface area contributed by atoms with Crippen LogP contribution in [0.25, 0.3) is 10.8 Å². The molecule has 0 spiro atoms. The highest BCUT2D eigenvalue weighted by atomic mass is 35.5. The average Bonchev–Trinajstić information content (AvgIpc) is 3.58. The zero-order chi connectivity index (χ0) is 32.6. The highest BCUT2D eigenvalue weighted by Gasteiger charge is 2.20. The van der Waals surface area contributed by atoms with Gasteiger partial charge >= 0.3 is 5.97 Å². The summed E-state index contributed by atoms with van der Waals surface area (Å²) in [6, 6.07) is 13.3. The molecule has 1 heterocycles. The van der Waals surface area contributed by atoms with E-state index in [1.54, 1.807) is 24.3 Å². The number of esters is 1. The standard InChI is InChI=1S/C35H44ClN5O4S/c1-2-3-4-5-6-7-8-9-10-11-12-13-14-17-22-45-34(44)25-20-21-29(36)30(23-25)37-33(43)28-24-31(46-35-38-40-41-39-35)26-18-15-16-19-27(26)32(28)42/h15-16,18-21,23-24,42H,2-14,17,22H2,1H3,(H,37,43)(H,38,39,40,41). The monoisotopic (exact) mass is 665 g/mol. The number of hydrogen-bond acceptors (Lipinski definition) is 8. The number of amides is 1. The Morgan fingerprint density at radius 2 is 1.50 bits per heavy atom. The van der Waals surface area contributed by atoms with Crippen LogP contribution in [0, 0.1) is 0 Å². The molecule has 1 amide bonds. The SMILES string of the molecule is CCCCCCCCCCCCCCCCOC(=O)c1ccc(Cl)c(NC(=O)c2cc(Sc3nn[nH]n3)c3ccccc3c2O)c1. The molecule has 0 aliphatic carbocycles. The third kappa shape index (κ3) is 10.7. The third-order valence-electron chi connectivity index (χ3n) is 7.93. The number of phenols is 1. The summed E-state index contributed by atoms with van der Waals surface area (Å²) in [5.74, 6) is -1.24. The van der Waals surface area contributed by atoms with E-state index in [9.17, 15) is 14.7 Å². The van der Waals surface area contributed by atoms with Crippen molar-refractivity contribution in [2.45, 2.75) is 107 Å². The Morgan fingerprint density at radius 3 is 2.13 bits per heavy atom. The van der Waals surface area contributed by atoms with Crippen molar-refractivity contribution in [3.8, 4) is 5.75 Å². The molecule has 0 aliphatic heterocycles. The third-order valence-corrected chi connectivity index (χ3v) is 9.17. The summed E-state index contributed by atoms with van der Waals surface area (Å²) in [7, 11) is 0. The Labute approximate surface area is 280 Å². The molecule has 246 valence electrons. The summed E-state index contributed by atoms with van der Waals surface area (Å²) in [4.78, 5) is 26.8. The first-order chi connectivity index (χ1) is 22.5. The molecule has 0 fully saturated rings. The van der Waals surface area contributed by atoms with Gasteiger partial charge in [0.1, 0.15) is 5.75 Å². The van der Waals surface area contributed by atoms with Gasteiger partial charge in [-0.2, -0.15) is 5.21 Å². The molecule has 3 aromatic carbocycles. The minimum Gasteiger partial charge on any atom is -0.506 e. The zero-order valence-electron chi connectivity index (χ0n) is 26.5. The van der Waals surface area contributed by atoms with Crippen molar-refractivity contribution in [3.05, 3.63) is 64.7 Å². The van der Waals surface area contributed by atoms with Crippen LogP contribution in [0.4, 0.5) is 5.69 Å². The highest BCUT2D eigenvalue weighted by molar-refractivity contribution is 7.99. The summed E-state index contributed by atoms with van der Waals surface area (Å²) in [5, 5.41) is 29.5. The number of aromatic hydroxyl groups is 1. The summed E-state index contributed by atoms with van der Waals surface area (Å²) >= 11 is 7.58. The highest BCUT2D eigenvalue weighted by Crippen LogP contribution is 2.39. The maximum Gasteiger partial charge on any atom is 0.338 e. The van der Waals surface area contributed by atoms with E-state index in [0.717, 1.165) is 24.6 Å². The van der Waals surface area contributed by atoms with Crippen LogP contribution in [0.1, 0.15) is 118 Å².